The van der Waals surface area contributed by atoms with Crippen molar-refractivity contribution >= 4 is 27.8 Å². The highest BCUT2D eigenvalue weighted by Gasteiger charge is 2.33. The van der Waals surface area contributed by atoms with Crippen molar-refractivity contribution in [2.45, 2.75) is 6.42 Å². The third-order valence-electron chi connectivity index (χ3n) is 3.10. The lowest BCUT2D eigenvalue weighted by Gasteiger charge is -2.38. The van der Waals surface area contributed by atoms with Crippen molar-refractivity contribution in [3.8, 4) is 5.75 Å². The molecule has 5 nitrogen and oxygen atoms in total. The minimum Gasteiger partial charge on any atom is -0.496 e. The number of carbonyl (C=O) groups excluding carboxylic acids is 1. The molecule has 1 fully saturated rings. The van der Waals surface area contributed by atoms with Gasteiger partial charge in [0.2, 0.25) is 0 Å². The number of hydrogen-bond acceptors (Lipinski definition) is 3. The molecule has 0 saturated carbocycles. The first kappa shape index (κ1) is 13.9. The number of likely N-dealkylation sites (tertiary alicyclic amines) is 1. The van der Waals surface area contributed by atoms with Gasteiger partial charge in [0, 0.05) is 23.5 Å². The Morgan fingerprint density at radius 2 is 2.16 bits per heavy atom. The Balaban J connectivity index is 2.04. The van der Waals surface area contributed by atoms with Gasteiger partial charge in [-0.1, -0.05) is 15.9 Å². The van der Waals surface area contributed by atoms with Crippen molar-refractivity contribution in [3.05, 3.63) is 28.2 Å². The second-order valence-electron chi connectivity index (χ2n) is 4.52. The molecule has 2 rings (SSSR count). The molecule has 0 radical (unpaired) electrons. The number of ether oxygens (including phenoxy) is 1. The van der Waals surface area contributed by atoms with Crippen LogP contribution in [0.3, 0.4) is 0 Å². The molecule has 0 unspecified atom stereocenters. The Bertz CT molecular complexity index is 511. The number of carboxylic acid groups (broad SMARTS) is 1. The average molecular weight is 328 g/mol. The number of aliphatic carboxylic acids is 1. The summed E-state index contributed by atoms with van der Waals surface area (Å²) in [6, 6.07) is 5.22. The molecule has 1 amide bonds. The molecule has 1 aliphatic heterocycles. The topological polar surface area (TPSA) is 66.8 Å². The van der Waals surface area contributed by atoms with E-state index >= 15 is 0 Å². The number of nitrogens with zero attached hydrogens (tertiary/aromatic N) is 1. The van der Waals surface area contributed by atoms with E-state index in [0.717, 1.165) is 4.47 Å². The van der Waals surface area contributed by atoms with E-state index in [4.69, 9.17) is 9.84 Å². The number of amides is 1. The van der Waals surface area contributed by atoms with Crippen LogP contribution < -0.4 is 4.74 Å². The number of carbonyl (C=O) groups is 2. The second kappa shape index (κ2) is 5.61. The molecule has 1 saturated heterocycles. The third kappa shape index (κ3) is 3.07. The van der Waals surface area contributed by atoms with Gasteiger partial charge >= 0.3 is 5.97 Å². The number of halogens is 1. The highest BCUT2D eigenvalue weighted by Crippen LogP contribution is 2.28. The standard InChI is InChI=1S/C13H14BrNO4/c1-19-11-5-9(14)2-3-10(11)13(18)15-6-8(7-15)4-12(16)17/h2-3,5,8H,4,6-7H2,1H3,(H,16,17). The van der Waals surface area contributed by atoms with Crippen LogP contribution in [0.5, 0.6) is 5.75 Å². The number of methoxy groups -OCH3 is 1. The van der Waals surface area contributed by atoms with Crippen molar-refractivity contribution in [2.24, 2.45) is 5.92 Å². The zero-order valence-electron chi connectivity index (χ0n) is 10.4. The Labute approximate surface area is 119 Å². The molecule has 1 aromatic rings. The van der Waals surface area contributed by atoms with Gasteiger partial charge in [-0.15, -0.1) is 0 Å². The van der Waals surface area contributed by atoms with E-state index in [2.05, 4.69) is 15.9 Å². The zero-order valence-corrected chi connectivity index (χ0v) is 12.0. The van der Waals surface area contributed by atoms with Crippen LogP contribution >= 0.6 is 15.9 Å². The fourth-order valence-corrected chi connectivity index (χ4v) is 2.46. The van der Waals surface area contributed by atoms with Crippen molar-refractivity contribution in [1.29, 1.82) is 0 Å². The molecular formula is C13H14BrNO4. The van der Waals surface area contributed by atoms with Crippen molar-refractivity contribution in [1.82, 2.24) is 4.90 Å². The molecule has 1 aromatic carbocycles. The third-order valence-corrected chi connectivity index (χ3v) is 3.59. The van der Waals surface area contributed by atoms with E-state index in [9.17, 15) is 9.59 Å². The molecule has 0 aromatic heterocycles. The molecule has 1 N–H and O–H groups in total. The summed E-state index contributed by atoms with van der Waals surface area (Å²) < 4.78 is 6.03. The van der Waals surface area contributed by atoms with Gasteiger partial charge in [-0.25, -0.2) is 0 Å². The van der Waals surface area contributed by atoms with Gasteiger partial charge < -0.3 is 14.7 Å². The highest BCUT2D eigenvalue weighted by atomic mass is 79.9. The van der Waals surface area contributed by atoms with Crippen LogP contribution in [0.2, 0.25) is 0 Å². The van der Waals surface area contributed by atoms with Crippen LogP contribution in [-0.4, -0.2) is 42.1 Å². The summed E-state index contributed by atoms with van der Waals surface area (Å²) in [6.45, 7) is 0.981. The summed E-state index contributed by atoms with van der Waals surface area (Å²) in [6.07, 6.45) is 0.112. The fourth-order valence-electron chi connectivity index (χ4n) is 2.12. The first-order chi connectivity index (χ1) is 9.01. The molecule has 0 aliphatic carbocycles. The average Bonchev–Trinajstić information content (AvgIpc) is 2.32. The SMILES string of the molecule is COc1cc(Br)ccc1C(=O)N1CC(CC(=O)O)C1. The highest BCUT2D eigenvalue weighted by molar-refractivity contribution is 9.10. The van der Waals surface area contributed by atoms with E-state index in [0.29, 0.717) is 24.4 Å². The molecule has 0 spiro atoms. The van der Waals surface area contributed by atoms with Crippen LogP contribution in [-0.2, 0) is 4.79 Å². The summed E-state index contributed by atoms with van der Waals surface area (Å²) >= 11 is 3.32. The zero-order chi connectivity index (χ0) is 14.0. The molecule has 0 atom stereocenters. The Morgan fingerprint density at radius 3 is 2.74 bits per heavy atom. The van der Waals surface area contributed by atoms with E-state index in [1.165, 1.54) is 7.11 Å². The Morgan fingerprint density at radius 1 is 1.47 bits per heavy atom. The van der Waals surface area contributed by atoms with Gasteiger partial charge in [0.25, 0.3) is 5.91 Å². The van der Waals surface area contributed by atoms with Gasteiger partial charge in [0.1, 0.15) is 5.75 Å². The Hall–Kier alpha value is -1.56. The predicted molar refractivity (Wildman–Crippen MR) is 72.3 cm³/mol. The number of hydrogen-bond donors (Lipinski definition) is 1. The Kier molecular flexibility index (Phi) is 4.09. The molecule has 1 heterocycles. The normalized spacial score (nSPS) is 14.9. The smallest absolute Gasteiger partial charge is 0.303 e. The molecule has 1 aliphatic rings. The lowest BCUT2D eigenvalue weighted by molar-refractivity contribution is -0.139. The number of carboxylic acids is 1. The van der Waals surface area contributed by atoms with Gasteiger partial charge in [0.05, 0.1) is 19.1 Å². The first-order valence-corrected chi connectivity index (χ1v) is 6.65. The fraction of sp³-hybridized carbons (Fsp3) is 0.385. The summed E-state index contributed by atoms with van der Waals surface area (Å²) in [5, 5.41) is 8.67. The molecule has 6 heteroatoms. The van der Waals surface area contributed by atoms with Crippen molar-refractivity contribution in [3.63, 3.8) is 0 Å². The van der Waals surface area contributed by atoms with E-state index in [1.807, 2.05) is 0 Å². The van der Waals surface area contributed by atoms with E-state index in [-0.39, 0.29) is 18.2 Å². The van der Waals surface area contributed by atoms with Gasteiger partial charge in [-0.05, 0) is 18.2 Å². The molecule has 102 valence electrons. The lowest BCUT2D eigenvalue weighted by Crippen LogP contribution is -2.50. The van der Waals surface area contributed by atoms with E-state index < -0.39 is 5.97 Å². The maximum absolute atomic E-state index is 12.2. The van der Waals surface area contributed by atoms with Gasteiger partial charge in [-0.2, -0.15) is 0 Å². The molecule has 19 heavy (non-hydrogen) atoms. The summed E-state index contributed by atoms with van der Waals surface area (Å²) in [7, 11) is 1.52. The summed E-state index contributed by atoms with van der Waals surface area (Å²) in [4.78, 5) is 24.4. The summed E-state index contributed by atoms with van der Waals surface area (Å²) in [5.74, 6) is -0.367. The number of benzene rings is 1. The largest absolute Gasteiger partial charge is 0.496 e. The predicted octanol–water partition coefficient (Wildman–Crippen LogP) is 2.00. The van der Waals surface area contributed by atoms with Crippen molar-refractivity contribution in [2.75, 3.05) is 20.2 Å². The van der Waals surface area contributed by atoms with E-state index in [1.54, 1.807) is 23.1 Å². The van der Waals surface area contributed by atoms with Crippen LogP contribution in [0.15, 0.2) is 22.7 Å². The van der Waals surface area contributed by atoms with Crippen molar-refractivity contribution < 1.29 is 19.4 Å². The van der Waals surface area contributed by atoms with Crippen LogP contribution in [0.4, 0.5) is 0 Å². The first-order valence-electron chi connectivity index (χ1n) is 5.86. The van der Waals surface area contributed by atoms with Crippen LogP contribution in [0, 0.1) is 5.92 Å². The van der Waals surface area contributed by atoms with Gasteiger partial charge in [0.15, 0.2) is 0 Å². The monoisotopic (exact) mass is 327 g/mol. The maximum atomic E-state index is 12.2. The van der Waals surface area contributed by atoms with Crippen LogP contribution in [0.1, 0.15) is 16.8 Å². The lowest BCUT2D eigenvalue weighted by atomic mass is 9.95. The van der Waals surface area contributed by atoms with Gasteiger partial charge in [-0.3, -0.25) is 9.59 Å². The quantitative estimate of drug-likeness (QED) is 0.918. The van der Waals surface area contributed by atoms with Crippen LogP contribution in [0.25, 0.3) is 0 Å². The summed E-state index contributed by atoms with van der Waals surface area (Å²) in [5.41, 5.74) is 0.500. The maximum Gasteiger partial charge on any atom is 0.303 e. The molecule has 0 bridgehead atoms. The minimum absolute atomic E-state index is 0.0582. The molecular weight excluding hydrogens is 314 g/mol. The number of rotatable bonds is 4. The second-order valence-corrected chi connectivity index (χ2v) is 5.43. The minimum atomic E-state index is -0.821.